The predicted octanol–water partition coefficient (Wildman–Crippen LogP) is 0.799. The van der Waals surface area contributed by atoms with Gasteiger partial charge in [-0.25, -0.2) is 0 Å². The van der Waals surface area contributed by atoms with E-state index >= 15 is 0 Å². The Labute approximate surface area is 102 Å². The van der Waals surface area contributed by atoms with Crippen LogP contribution in [0.4, 0.5) is 0 Å². The minimum absolute atomic E-state index is 0.0955. The molecule has 0 fully saturated rings. The molecular formula is C12H11N3O3. The Bertz CT molecular complexity index is 643. The number of fused-ring (bicyclic) bond motifs is 1. The van der Waals surface area contributed by atoms with Crippen molar-refractivity contribution in [3.8, 4) is 0 Å². The zero-order valence-electron chi connectivity index (χ0n) is 9.63. The van der Waals surface area contributed by atoms with Crippen LogP contribution in [0.15, 0.2) is 27.8 Å². The maximum absolute atomic E-state index is 11.9. The molecule has 0 spiro atoms. The summed E-state index contributed by atoms with van der Waals surface area (Å²) in [6.45, 7) is 0.242. The Kier molecular flexibility index (Phi) is 2.55. The first-order chi connectivity index (χ1) is 8.75. The number of hydrogen-bond acceptors (Lipinski definition) is 5. The van der Waals surface area contributed by atoms with Gasteiger partial charge in [0.25, 0.3) is 5.56 Å². The quantitative estimate of drug-likeness (QED) is 0.782. The van der Waals surface area contributed by atoms with Gasteiger partial charge in [0.2, 0.25) is 6.39 Å². The summed E-state index contributed by atoms with van der Waals surface area (Å²) in [6, 6.07) is 3.04. The fourth-order valence-corrected chi connectivity index (χ4v) is 2.27. The number of ketones is 1. The lowest BCUT2D eigenvalue weighted by atomic mass is 9.94. The number of pyridine rings is 1. The van der Waals surface area contributed by atoms with E-state index in [9.17, 15) is 9.59 Å². The van der Waals surface area contributed by atoms with Crippen LogP contribution in [0.5, 0.6) is 0 Å². The van der Waals surface area contributed by atoms with Gasteiger partial charge in [-0.2, -0.15) is 4.98 Å². The third-order valence-electron chi connectivity index (χ3n) is 3.12. The number of carbonyl (C=O) groups excluding carboxylic acids is 1. The minimum Gasteiger partial charge on any atom is -0.343 e. The smallest absolute Gasteiger partial charge is 0.251 e. The molecule has 0 aromatic carbocycles. The van der Waals surface area contributed by atoms with E-state index in [1.54, 1.807) is 10.6 Å². The van der Waals surface area contributed by atoms with E-state index in [-0.39, 0.29) is 17.9 Å². The minimum atomic E-state index is -0.145. The van der Waals surface area contributed by atoms with Crippen LogP contribution in [0.25, 0.3) is 0 Å². The lowest BCUT2D eigenvalue weighted by Gasteiger charge is -2.18. The van der Waals surface area contributed by atoms with E-state index in [1.165, 1.54) is 12.5 Å². The third kappa shape index (κ3) is 1.75. The molecule has 0 saturated carbocycles. The zero-order chi connectivity index (χ0) is 12.5. The SMILES string of the molecule is O=C1CCCc2c1ccc(=O)n2Cc1ncon1. The van der Waals surface area contributed by atoms with Gasteiger partial charge in [-0.05, 0) is 18.9 Å². The Morgan fingerprint density at radius 2 is 2.17 bits per heavy atom. The van der Waals surface area contributed by atoms with Gasteiger partial charge in [-0.1, -0.05) is 5.16 Å². The monoisotopic (exact) mass is 245 g/mol. The molecule has 0 aliphatic heterocycles. The number of Topliss-reactive ketones (excluding diaryl/α,β-unsaturated/α-hetero) is 1. The first-order valence-electron chi connectivity index (χ1n) is 5.77. The number of aromatic nitrogens is 3. The highest BCUT2D eigenvalue weighted by molar-refractivity contribution is 5.97. The maximum Gasteiger partial charge on any atom is 0.251 e. The molecule has 6 nitrogen and oxygen atoms in total. The molecule has 2 aromatic heterocycles. The summed E-state index contributed by atoms with van der Waals surface area (Å²) >= 11 is 0. The first-order valence-corrected chi connectivity index (χ1v) is 5.77. The summed E-state index contributed by atoms with van der Waals surface area (Å²) in [5, 5.41) is 3.69. The summed E-state index contributed by atoms with van der Waals surface area (Å²) in [7, 11) is 0. The van der Waals surface area contributed by atoms with Gasteiger partial charge in [-0.3, -0.25) is 9.59 Å². The van der Waals surface area contributed by atoms with Crippen LogP contribution in [-0.4, -0.2) is 20.5 Å². The molecule has 0 bridgehead atoms. The van der Waals surface area contributed by atoms with Crippen molar-refractivity contribution in [1.82, 2.24) is 14.7 Å². The fourth-order valence-electron chi connectivity index (χ4n) is 2.27. The molecule has 0 saturated heterocycles. The van der Waals surface area contributed by atoms with Gasteiger partial charge in [-0.15, -0.1) is 0 Å². The van der Waals surface area contributed by atoms with E-state index in [4.69, 9.17) is 0 Å². The molecule has 0 N–H and O–H groups in total. The molecule has 3 rings (SSSR count). The van der Waals surface area contributed by atoms with Crippen LogP contribution in [0, 0.1) is 0 Å². The molecule has 6 heteroatoms. The largest absolute Gasteiger partial charge is 0.343 e. The Morgan fingerprint density at radius 3 is 2.94 bits per heavy atom. The third-order valence-corrected chi connectivity index (χ3v) is 3.12. The molecular weight excluding hydrogens is 234 g/mol. The van der Waals surface area contributed by atoms with Crippen molar-refractivity contribution in [2.45, 2.75) is 25.8 Å². The molecule has 0 atom stereocenters. The van der Waals surface area contributed by atoms with Crippen LogP contribution in [0.1, 0.15) is 34.7 Å². The fraction of sp³-hybridized carbons (Fsp3) is 0.333. The van der Waals surface area contributed by atoms with Crippen molar-refractivity contribution in [3.05, 3.63) is 46.0 Å². The molecule has 2 aromatic rings. The molecule has 1 aliphatic carbocycles. The second-order valence-electron chi connectivity index (χ2n) is 4.24. The normalized spacial score (nSPS) is 14.6. The van der Waals surface area contributed by atoms with Gasteiger partial charge >= 0.3 is 0 Å². The first kappa shape index (κ1) is 10.9. The summed E-state index contributed by atoms with van der Waals surface area (Å²) in [6.07, 6.45) is 3.28. The van der Waals surface area contributed by atoms with Crippen LogP contribution >= 0.6 is 0 Å². The Hall–Kier alpha value is -2.24. The van der Waals surface area contributed by atoms with Crippen molar-refractivity contribution in [2.75, 3.05) is 0 Å². The predicted molar refractivity (Wildman–Crippen MR) is 61.4 cm³/mol. The topological polar surface area (TPSA) is 78.0 Å². The molecule has 2 heterocycles. The van der Waals surface area contributed by atoms with Crippen LogP contribution in [0.3, 0.4) is 0 Å². The second kappa shape index (κ2) is 4.21. The molecule has 18 heavy (non-hydrogen) atoms. The highest BCUT2D eigenvalue weighted by Gasteiger charge is 2.21. The standard InChI is InChI=1S/C12H11N3O3/c16-10-3-1-2-9-8(10)4-5-12(17)15(9)6-11-13-7-18-14-11/h4-5,7H,1-3,6H2. The van der Waals surface area contributed by atoms with E-state index in [0.29, 0.717) is 17.8 Å². The lowest BCUT2D eigenvalue weighted by Crippen LogP contribution is -2.28. The van der Waals surface area contributed by atoms with Crippen molar-refractivity contribution in [1.29, 1.82) is 0 Å². The second-order valence-corrected chi connectivity index (χ2v) is 4.24. The number of nitrogens with zero attached hydrogens (tertiary/aromatic N) is 3. The summed E-state index contributed by atoms with van der Waals surface area (Å²) in [5.41, 5.74) is 1.28. The summed E-state index contributed by atoms with van der Waals surface area (Å²) < 4.78 is 6.20. The Morgan fingerprint density at radius 1 is 1.28 bits per heavy atom. The van der Waals surface area contributed by atoms with E-state index in [0.717, 1.165) is 18.5 Å². The van der Waals surface area contributed by atoms with Gasteiger partial charge < -0.3 is 9.09 Å². The highest BCUT2D eigenvalue weighted by Crippen LogP contribution is 2.19. The highest BCUT2D eigenvalue weighted by atomic mass is 16.5. The van der Waals surface area contributed by atoms with Gasteiger partial charge in [0.15, 0.2) is 11.6 Å². The van der Waals surface area contributed by atoms with Crippen molar-refractivity contribution < 1.29 is 9.32 Å². The van der Waals surface area contributed by atoms with Crippen LogP contribution in [-0.2, 0) is 13.0 Å². The van der Waals surface area contributed by atoms with E-state index in [2.05, 4.69) is 14.7 Å². The zero-order valence-corrected chi connectivity index (χ0v) is 9.63. The van der Waals surface area contributed by atoms with Gasteiger partial charge in [0, 0.05) is 23.7 Å². The number of rotatable bonds is 2. The lowest BCUT2D eigenvalue weighted by molar-refractivity contribution is 0.0970. The van der Waals surface area contributed by atoms with Gasteiger partial charge in [0.05, 0.1) is 6.54 Å². The summed E-state index contributed by atoms with van der Waals surface area (Å²) in [4.78, 5) is 27.6. The maximum atomic E-state index is 11.9. The van der Waals surface area contributed by atoms with Crippen molar-refractivity contribution >= 4 is 5.78 Å². The summed E-state index contributed by atoms with van der Waals surface area (Å²) in [5.74, 6) is 0.529. The Balaban J connectivity index is 2.10. The number of hydrogen-bond donors (Lipinski definition) is 0. The molecule has 0 radical (unpaired) electrons. The van der Waals surface area contributed by atoms with Crippen LogP contribution in [0.2, 0.25) is 0 Å². The van der Waals surface area contributed by atoms with E-state index < -0.39 is 0 Å². The average molecular weight is 245 g/mol. The van der Waals surface area contributed by atoms with Crippen LogP contribution < -0.4 is 5.56 Å². The molecule has 0 amide bonds. The molecule has 92 valence electrons. The number of carbonyl (C=O) groups is 1. The molecule has 0 unspecified atom stereocenters. The van der Waals surface area contributed by atoms with Crippen molar-refractivity contribution in [3.63, 3.8) is 0 Å². The van der Waals surface area contributed by atoms with E-state index in [1.807, 2.05) is 0 Å². The van der Waals surface area contributed by atoms with Crippen molar-refractivity contribution in [2.24, 2.45) is 0 Å². The van der Waals surface area contributed by atoms with Gasteiger partial charge in [0.1, 0.15) is 0 Å². The average Bonchev–Trinajstić information content (AvgIpc) is 2.86. The molecule has 1 aliphatic rings.